The van der Waals surface area contributed by atoms with Gasteiger partial charge >= 0.3 is 5.97 Å². The fourth-order valence-electron chi connectivity index (χ4n) is 1.24. The van der Waals surface area contributed by atoms with E-state index >= 15 is 0 Å². The van der Waals surface area contributed by atoms with Gasteiger partial charge in [-0.15, -0.1) is 11.3 Å². The van der Waals surface area contributed by atoms with Gasteiger partial charge in [0.05, 0.1) is 23.2 Å². The summed E-state index contributed by atoms with van der Waals surface area (Å²) in [7, 11) is 3.76. The van der Waals surface area contributed by atoms with E-state index in [9.17, 15) is 9.59 Å². The number of anilines is 1. The average molecular weight is 291 g/mol. The van der Waals surface area contributed by atoms with Gasteiger partial charge < -0.3 is 10.1 Å². The number of ether oxygens (including phenoxy) is 1. The molecule has 0 fully saturated rings. The molecule has 1 N–H and O–H groups in total. The van der Waals surface area contributed by atoms with Gasteiger partial charge in [0.15, 0.2) is 6.29 Å². The van der Waals surface area contributed by atoms with Crippen LogP contribution in [0.5, 0.6) is 0 Å². The molecule has 0 aliphatic rings. The zero-order valence-corrected chi connectivity index (χ0v) is 12.0. The summed E-state index contributed by atoms with van der Waals surface area (Å²) >= 11 is 7.14. The van der Waals surface area contributed by atoms with Gasteiger partial charge in [0.25, 0.3) is 0 Å². The molecule has 18 heavy (non-hydrogen) atoms. The molecule has 0 spiro atoms. The van der Waals surface area contributed by atoms with E-state index < -0.39 is 5.97 Å². The molecule has 0 bridgehead atoms. The number of nitrogens with zero attached hydrogens (tertiary/aromatic N) is 1. The third-order valence-corrected chi connectivity index (χ3v) is 3.59. The van der Waals surface area contributed by atoms with E-state index in [0.29, 0.717) is 22.8 Å². The molecule has 1 aromatic heterocycles. The SMILES string of the molecule is CCOC(=O)c1c(NCN(C)C)sc(C=O)c1Cl. The van der Waals surface area contributed by atoms with Crippen LogP contribution in [0.3, 0.4) is 0 Å². The molecular weight excluding hydrogens is 276 g/mol. The average Bonchev–Trinajstić information content (AvgIpc) is 2.63. The smallest absolute Gasteiger partial charge is 0.342 e. The number of carbonyl (C=O) groups is 2. The number of rotatable bonds is 6. The van der Waals surface area contributed by atoms with Crippen LogP contribution < -0.4 is 5.32 Å². The van der Waals surface area contributed by atoms with Gasteiger partial charge in [0, 0.05) is 0 Å². The van der Waals surface area contributed by atoms with Crippen molar-refractivity contribution < 1.29 is 14.3 Å². The van der Waals surface area contributed by atoms with E-state index in [2.05, 4.69) is 5.32 Å². The number of carbonyl (C=O) groups excluding carboxylic acids is 2. The lowest BCUT2D eigenvalue weighted by Gasteiger charge is -2.12. The quantitative estimate of drug-likeness (QED) is 0.495. The predicted molar refractivity (Wildman–Crippen MR) is 72.8 cm³/mol. The van der Waals surface area contributed by atoms with Crippen molar-refractivity contribution in [2.75, 3.05) is 32.7 Å². The van der Waals surface area contributed by atoms with Crippen LogP contribution >= 0.6 is 22.9 Å². The van der Waals surface area contributed by atoms with Crippen LogP contribution in [-0.4, -0.2) is 44.5 Å². The highest BCUT2D eigenvalue weighted by atomic mass is 35.5. The Labute approximate surface area is 115 Å². The fourth-order valence-corrected chi connectivity index (χ4v) is 2.52. The monoisotopic (exact) mass is 290 g/mol. The van der Waals surface area contributed by atoms with E-state index in [1.165, 1.54) is 0 Å². The molecule has 100 valence electrons. The number of esters is 1. The van der Waals surface area contributed by atoms with Gasteiger partial charge in [-0.05, 0) is 21.0 Å². The normalized spacial score (nSPS) is 10.5. The molecular formula is C11H15ClN2O3S. The summed E-state index contributed by atoms with van der Waals surface area (Å²) in [6, 6.07) is 0. The zero-order chi connectivity index (χ0) is 13.7. The Bertz CT molecular complexity index is 446. The summed E-state index contributed by atoms with van der Waals surface area (Å²) in [5.74, 6) is -0.520. The minimum absolute atomic E-state index is 0.148. The second-order valence-corrected chi connectivity index (χ2v) is 5.17. The van der Waals surface area contributed by atoms with Crippen molar-refractivity contribution in [3.63, 3.8) is 0 Å². The standard InChI is InChI=1S/C11H15ClN2O3S/c1-4-17-11(16)8-9(12)7(5-15)18-10(8)13-6-14(2)3/h5,13H,4,6H2,1-3H3. The second-order valence-electron chi connectivity index (χ2n) is 3.74. The number of hydrogen-bond donors (Lipinski definition) is 1. The Morgan fingerprint density at radius 2 is 2.22 bits per heavy atom. The van der Waals surface area contributed by atoms with Gasteiger partial charge in [-0.3, -0.25) is 9.69 Å². The van der Waals surface area contributed by atoms with Crippen molar-refractivity contribution in [3.8, 4) is 0 Å². The molecule has 1 heterocycles. The highest BCUT2D eigenvalue weighted by Gasteiger charge is 2.23. The molecule has 0 unspecified atom stereocenters. The van der Waals surface area contributed by atoms with E-state index in [1.807, 2.05) is 19.0 Å². The maximum atomic E-state index is 11.8. The topological polar surface area (TPSA) is 58.6 Å². The minimum atomic E-state index is -0.520. The predicted octanol–water partition coefficient (Wildman–Crippen LogP) is 2.32. The first-order valence-electron chi connectivity index (χ1n) is 5.34. The molecule has 0 saturated carbocycles. The fraction of sp³-hybridized carbons (Fsp3) is 0.455. The number of hydrogen-bond acceptors (Lipinski definition) is 6. The third kappa shape index (κ3) is 3.44. The van der Waals surface area contributed by atoms with Crippen molar-refractivity contribution in [2.45, 2.75) is 6.92 Å². The summed E-state index contributed by atoms with van der Waals surface area (Å²) in [5, 5.41) is 3.75. The van der Waals surface area contributed by atoms with Crippen LogP contribution in [0, 0.1) is 0 Å². The van der Waals surface area contributed by atoms with Gasteiger partial charge in [0.2, 0.25) is 0 Å². The summed E-state index contributed by atoms with van der Waals surface area (Å²) in [6.07, 6.45) is 0.635. The summed E-state index contributed by atoms with van der Waals surface area (Å²) in [6.45, 7) is 2.50. The number of thiophene rings is 1. The van der Waals surface area contributed by atoms with E-state index in [0.717, 1.165) is 11.3 Å². The lowest BCUT2D eigenvalue weighted by molar-refractivity contribution is 0.0528. The molecule has 1 aromatic rings. The summed E-state index contributed by atoms with van der Waals surface area (Å²) < 4.78 is 4.93. The highest BCUT2D eigenvalue weighted by Crippen LogP contribution is 2.36. The first-order valence-corrected chi connectivity index (χ1v) is 6.53. The van der Waals surface area contributed by atoms with Crippen molar-refractivity contribution in [3.05, 3.63) is 15.5 Å². The Morgan fingerprint density at radius 1 is 1.56 bits per heavy atom. The molecule has 0 amide bonds. The van der Waals surface area contributed by atoms with Gasteiger partial charge in [-0.2, -0.15) is 0 Å². The van der Waals surface area contributed by atoms with Crippen LogP contribution in [-0.2, 0) is 4.74 Å². The first kappa shape index (κ1) is 14.9. The van der Waals surface area contributed by atoms with Crippen molar-refractivity contribution in [1.29, 1.82) is 0 Å². The van der Waals surface area contributed by atoms with E-state index in [1.54, 1.807) is 6.92 Å². The second kappa shape index (κ2) is 6.72. The molecule has 0 aliphatic heterocycles. The summed E-state index contributed by atoms with van der Waals surface area (Å²) in [4.78, 5) is 24.9. The van der Waals surface area contributed by atoms with Gasteiger partial charge in [-0.1, -0.05) is 11.6 Å². The lowest BCUT2D eigenvalue weighted by Crippen LogP contribution is -2.21. The van der Waals surface area contributed by atoms with Crippen molar-refractivity contribution in [2.24, 2.45) is 0 Å². The first-order chi connectivity index (χ1) is 8.51. The van der Waals surface area contributed by atoms with Crippen LogP contribution in [0.15, 0.2) is 0 Å². The Kier molecular flexibility index (Phi) is 5.58. The molecule has 0 saturated heterocycles. The van der Waals surface area contributed by atoms with Crippen LogP contribution in [0.25, 0.3) is 0 Å². The molecule has 0 radical (unpaired) electrons. The van der Waals surface area contributed by atoms with Gasteiger partial charge in [0.1, 0.15) is 10.6 Å². The molecule has 1 rings (SSSR count). The number of aldehydes is 1. The van der Waals surface area contributed by atoms with Crippen LogP contribution in [0.4, 0.5) is 5.00 Å². The molecule has 7 heteroatoms. The maximum absolute atomic E-state index is 11.8. The Hall–Kier alpha value is -1.11. The number of nitrogens with one attached hydrogen (secondary N) is 1. The van der Waals surface area contributed by atoms with E-state index in [4.69, 9.17) is 16.3 Å². The third-order valence-electron chi connectivity index (χ3n) is 2.02. The van der Waals surface area contributed by atoms with Crippen LogP contribution in [0.1, 0.15) is 27.0 Å². The highest BCUT2D eigenvalue weighted by molar-refractivity contribution is 7.18. The molecule has 0 aliphatic carbocycles. The number of halogens is 1. The lowest BCUT2D eigenvalue weighted by atomic mass is 10.3. The van der Waals surface area contributed by atoms with E-state index in [-0.39, 0.29) is 17.2 Å². The largest absolute Gasteiger partial charge is 0.462 e. The van der Waals surface area contributed by atoms with Crippen LogP contribution in [0.2, 0.25) is 5.02 Å². The maximum Gasteiger partial charge on any atom is 0.342 e. The van der Waals surface area contributed by atoms with Crippen molar-refractivity contribution >= 4 is 40.2 Å². The Balaban J connectivity index is 3.06. The zero-order valence-electron chi connectivity index (χ0n) is 10.4. The minimum Gasteiger partial charge on any atom is -0.462 e. The molecule has 0 aromatic carbocycles. The van der Waals surface area contributed by atoms with Crippen molar-refractivity contribution in [1.82, 2.24) is 4.90 Å². The molecule has 5 nitrogen and oxygen atoms in total. The summed E-state index contributed by atoms with van der Waals surface area (Å²) in [5.41, 5.74) is 0.229. The van der Waals surface area contributed by atoms with Gasteiger partial charge in [-0.25, -0.2) is 4.79 Å². The molecule has 0 atom stereocenters. The Morgan fingerprint density at radius 3 is 2.72 bits per heavy atom.